The van der Waals surface area contributed by atoms with Crippen LogP contribution >= 0.6 is 0 Å². The van der Waals surface area contributed by atoms with Crippen LogP contribution in [0.25, 0.3) is 28.4 Å². The molecule has 0 radical (unpaired) electrons. The van der Waals surface area contributed by atoms with Crippen molar-refractivity contribution >= 4 is 22.7 Å². The Morgan fingerprint density at radius 1 is 1.19 bits per heavy atom. The second-order valence-electron chi connectivity index (χ2n) is 7.51. The number of nitrogens with two attached hydrogens (primary N) is 1. The zero-order chi connectivity index (χ0) is 23.3. The van der Waals surface area contributed by atoms with E-state index < -0.39 is 11.4 Å². The van der Waals surface area contributed by atoms with Crippen LogP contribution in [0, 0.1) is 12.7 Å². The summed E-state index contributed by atoms with van der Waals surface area (Å²) in [6, 6.07) is 4.46. The molecule has 0 atom stereocenters. The number of aromatic amines is 2. The van der Waals surface area contributed by atoms with Gasteiger partial charge in [0.1, 0.15) is 17.2 Å². The van der Waals surface area contributed by atoms with E-state index in [9.17, 15) is 9.18 Å². The number of H-pyrrole nitrogens is 2. The fourth-order valence-electron chi connectivity index (χ4n) is 3.14. The van der Waals surface area contributed by atoms with E-state index in [4.69, 9.17) is 5.73 Å². The molecule has 168 valence electrons. The first-order chi connectivity index (χ1) is 14.7. The third-order valence-electron chi connectivity index (χ3n) is 5.02. The molecule has 4 N–H and O–H groups in total. The Morgan fingerprint density at radius 2 is 1.87 bits per heavy atom. The minimum atomic E-state index is -0.487. The highest BCUT2D eigenvalue weighted by Gasteiger charge is 2.18. The lowest BCUT2D eigenvalue weighted by Crippen LogP contribution is -2.27. The van der Waals surface area contributed by atoms with E-state index >= 15 is 0 Å². The van der Waals surface area contributed by atoms with Crippen molar-refractivity contribution in [3.8, 4) is 11.4 Å². The largest absolute Gasteiger partial charge is 0.397 e. The maximum Gasteiger partial charge on any atom is 0.261 e. The monoisotopic (exact) mass is 428 g/mol. The number of rotatable bonds is 6. The fourth-order valence-corrected chi connectivity index (χ4v) is 3.14. The predicted molar refractivity (Wildman–Crippen MR) is 127 cm³/mol. The van der Waals surface area contributed by atoms with Gasteiger partial charge in [0.05, 0.1) is 22.3 Å². The summed E-state index contributed by atoms with van der Waals surface area (Å²) in [5, 5.41) is 0.188. The van der Waals surface area contributed by atoms with Gasteiger partial charge in [-0.3, -0.25) is 4.79 Å². The molecule has 0 amide bonds. The van der Waals surface area contributed by atoms with Gasteiger partial charge in [-0.2, -0.15) is 0 Å². The fraction of sp³-hybridized carbons (Fsp3) is 0.391. The number of allylic oxidation sites excluding steroid dienone is 1. The van der Waals surface area contributed by atoms with Crippen LogP contribution < -0.4 is 11.3 Å². The van der Waals surface area contributed by atoms with Crippen molar-refractivity contribution in [3.63, 3.8) is 0 Å². The Hall–Kier alpha value is -3.13. The summed E-state index contributed by atoms with van der Waals surface area (Å²) in [6.45, 7) is 9.70. The standard InChI is InChI=1S/C21H27FN6O.C2H6/c1-12(28(5)10-9-27(3)4)11-16-13(2)24-20(25-16)18-19(23)17-14(22)7-6-8-15(17)26-21(18)29;1-2/h6-8,11H,9-10H2,1-5H3,(H,24,25)(H3,23,26,29);1-2H3/b12-11+;. The molecular formula is C23H33FN6O. The van der Waals surface area contributed by atoms with Gasteiger partial charge in [-0.1, -0.05) is 19.9 Å². The molecule has 7 nitrogen and oxygen atoms in total. The predicted octanol–water partition coefficient (Wildman–Crippen LogP) is 3.83. The van der Waals surface area contributed by atoms with Crippen molar-refractivity contribution in [2.75, 3.05) is 40.0 Å². The lowest BCUT2D eigenvalue weighted by molar-refractivity contribution is 0.327. The number of nitrogen functional groups attached to an aromatic ring is 1. The normalized spacial score (nSPS) is 11.6. The quantitative estimate of drug-likeness (QED) is 0.555. The van der Waals surface area contributed by atoms with Crippen LogP contribution in [0.15, 0.2) is 28.7 Å². The van der Waals surface area contributed by atoms with Crippen LogP contribution in [0.4, 0.5) is 10.1 Å². The number of nitrogens with one attached hydrogen (secondary N) is 2. The van der Waals surface area contributed by atoms with Crippen molar-refractivity contribution < 1.29 is 4.39 Å². The van der Waals surface area contributed by atoms with Gasteiger partial charge in [-0.15, -0.1) is 0 Å². The summed E-state index contributed by atoms with van der Waals surface area (Å²) >= 11 is 0. The number of benzene rings is 1. The average Bonchev–Trinajstić information content (AvgIpc) is 3.07. The molecule has 2 heterocycles. The second kappa shape index (κ2) is 10.3. The van der Waals surface area contributed by atoms with Crippen molar-refractivity contribution in [1.82, 2.24) is 24.8 Å². The summed E-state index contributed by atoms with van der Waals surface area (Å²) in [5.41, 5.74) is 8.90. The highest BCUT2D eigenvalue weighted by molar-refractivity contribution is 5.97. The molecule has 0 spiro atoms. The molecule has 3 rings (SSSR count). The first kappa shape index (κ1) is 24.1. The van der Waals surface area contributed by atoms with E-state index in [1.807, 2.05) is 54.9 Å². The molecule has 3 aromatic rings. The van der Waals surface area contributed by atoms with Gasteiger partial charge < -0.3 is 25.5 Å². The average molecular weight is 429 g/mol. The van der Waals surface area contributed by atoms with Crippen LogP contribution in [0.3, 0.4) is 0 Å². The van der Waals surface area contributed by atoms with Crippen molar-refractivity contribution in [2.45, 2.75) is 27.7 Å². The Labute approximate surface area is 182 Å². The Bertz CT molecular complexity index is 1130. The molecule has 31 heavy (non-hydrogen) atoms. The smallest absolute Gasteiger partial charge is 0.261 e. The Kier molecular flexibility index (Phi) is 7.99. The number of aryl methyl sites for hydroxylation is 1. The van der Waals surface area contributed by atoms with Gasteiger partial charge in [0.2, 0.25) is 0 Å². The van der Waals surface area contributed by atoms with E-state index in [-0.39, 0.29) is 16.6 Å². The lowest BCUT2D eigenvalue weighted by Gasteiger charge is -2.22. The van der Waals surface area contributed by atoms with Crippen LogP contribution in [-0.4, -0.2) is 59.0 Å². The Morgan fingerprint density at radius 3 is 2.52 bits per heavy atom. The Balaban J connectivity index is 0.00000166. The first-order valence-corrected chi connectivity index (χ1v) is 10.4. The van der Waals surface area contributed by atoms with Crippen molar-refractivity contribution in [3.05, 3.63) is 51.5 Å². The van der Waals surface area contributed by atoms with Gasteiger partial charge >= 0.3 is 0 Å². The number of aromatic nitrogens is 3. The van der Waals surface area contributed by atoms with Gasteiger partial charge in [-0.25, -0.2) is 9.37 Å². The second-order valence-corrected chi connectivity index (χ2v) is 7.51. The maximum absolute atomic E-state index is 14.3. The maximum atomic E-state index is 14.3. The zero-order valence-electron chi connectivity index (χ0n) is 19.4. The van der Waals surface area contributed by atoms with Crippen molar-refractivity contribution in [2.24, 2.45) is 0 Å². The van der Waals surface area contributed by atoms with Gasteiger partial charge in [-0.05, 0) is 46.2 Å². The highest BCUT2D eigenvalue weighted by atomic mass is 19.1. The summed E-state index contributed by atoms with van der Waals surface area (Å²) in [6.07, 6.45) is 1.96. The number of imidazole rings is 1. The van der Waals surface area contributed by atoms with Crippen LogP contribution in [-0.2, 0) is 0 Å². The topological polar surface area (TPSA) is 94.0 Å². The third-order valence-corrected chi connectivity index (χ3v) is 5.02. The van der Waals surface area contributed by atoms with Crippen LogP contribution in [0.1, 0.15) is 32.2 Å². The van der Waals surface area contributed by atoms with Gasteiger partial charge in [0.15, 0.2) is 0 Å². The number of pyridine rings is 1. The SMILES string of the molecule is C/C(=C\c1nc(-c2c(N)c3c(F)cccc3[nH]c2=O)[nH]c1C)N(C)CCN(C)C.CC. The molecule has 0 aliphatic carbocycles. The number of fused-ring (bicyclic) bond motifs is 1. The van der Waals surface area contributed by atoms with E-state index in [2.05, 4.69) is 24.8 Å². The van der Waals surface area contributed by atoms with Gasteiger partial charge in [0.25, 0.3) is 5.56 Å². The molecule has 0 aliphatic rings. The van der Waals surface area contributed by atoms with E-state index in [0.29, 0.717) is 17.0 Å². The lowest BCUT2D eigenvalue weighted by atomic mass is 10.1. The summed E-state index contributed by atoms with van der Waals surface area (Å²) in [7, 11) is 6.09. The molecular weight excluding hydrogens is 395 g/mol. The summed E-state index contributed by atoms with van der Waals surface area (Å²) < 4.78 is 14.3. The summed E-state index contributed by atoms with van der Waals surface area (Å²) in [5.74, 6) is -0.166. The molecule has 8 heteroatoms. The minimum Gasteiger partial charge on any atom is -0.397 e. The number of hydrogen-bond donors (Lipinski definition) is 3. The molecule has 0 saturated carbocycles. The molecule has 0 fully saturated rings. The summed E-state index contributed by atoms with van der Waals surface area (Å²) in [4.78, 5) is 27.2. The number of halogens is 1. The van der Waals surface area contributed by atoms with E-state index in [1.54, 1.807) is 6.07 Å². The van der Waals surface area contributed by atoms with E-state index in [1.165, 1.54) is 12.1 Å². The van der Waals surface area contributed by atoms with Crippen LogP contribution in [0.2, 0.25) is 0 Å². The third kappa shape index (κ3) is 5.32. The van der Waals surface area contributed by atoms with Gasteiger partial charge in [0, 0.05) is 31.5 Å². The zero-order valence-corrected chi connectivity index (χ0v) is 19.4. The molecule has 0 unspecified atom stereocenters. The molecule has 2 aromatic heterocycles. The number of hydrogen-bond acceptors (Lipinski definition) is 5. The number of nitrogens with zero attached hydrogens (tertiary/aromatic N) is 3. The number of anilines is 1. The molecule has 0 aliphatic heterocycles. The molecule has 1 aromatic carbocycles. The minimum absolute atomic E-state index is 0.0750. The molecule has 0 saturated heterocycles. The number of likely N-dealkylation sites (N-methyl/N-ethyl adjacent to an activating group) is 2. The van der Waals surface area contributed by atoms with Crippen molar-refractivity contribution in [1.29, 1.82) is 0 Å². The van der Waals surface area contributed by atoms with Crippen LogP contribution in [0.5, 0.6) is 0 Å². The first-order valence-electron chi connectivity index (χ1n) is 10.4. The highest BCUT2D eigenvalue weighted by Crippen LogP contribution is 2.29. The van der Waals surface area contributed by atoms with E-state index in [0.717, 1.165) is 24.5 Å². The molecule has 0 bridgehead atoms.